The summed E-state index contributed by atoms with van der Waals surface area (Å²) in [5.74, 6) is -1.39. The monoisotopic (exact) mass is 334 g/mol. The number of methoxy groups -OCH3 is 3. The quantitative estimate of drug-likeness (QED) is 0.594. The van der Waals surface area contributed by atoms with E-state index in [1.165, 1.54) is 51.7 Å². The smallest absolute Gasteiger partial charge is 0.203 e. The molecule has 0 aliphatic carbocycles. The molecular formula is C18H16F2O4. The summed E-state index contributed by atoms with van der Waals surface area (Å²) in [6, 6.07) is 6.71. The zero-order chi connectivity index (χ0) is 17.7. The molecule has 2 aromatic carbocycles. The second kappa shape index (κ2) is 7.59. The normalized spacial score (nSPS) is 10.7. The molecule has 0 aromatic heterocycles. The Bertz CT molecular complexity index is 760. The van der Waals surface area contributed by atoms with Crippen molar-refractivity contribution in [1.82, 2.24) is 0 Å². The molecule has 0 saturated carbocycles. The van der Waals surface area contributed by atoms with Gasteiger partial charge in [-0.3, -0.25) is 4.79 Å². The molecule has 0 aliphatic rings. The number of carbonyl (C=O) groups is 1. The van der Waals surface area contributed by atoms with Crippen LogP contribution in [0.2, 0.25) is 0 Å². The maximum absolute atomic E-state index is 13.6. The lowest BCUT2D eigenvalue weighted by molar-refractivity contribution is 0.104. The first kappa shape index (κ1) is 17.5. The Balaban J connectivity index is 2.36. The zero-order valence-corrected chi connectivity index (χ0v) is 13.4. The fourth-order valence-corrected chi connectivity index (χ4v) is 2.13. The number of ketones is 1. The minimum absolute atomic E-state index is 0.0178. The predicted octanol–water partition coefficient (Wildman–Crippen LogP) is 3.89. The molecule has 0 heterocycles. The van der Waals surface area contributed by atoms with Gasteiger partial charge in [-0.2, -0.15) is 0 Å². The van der Waals surface area contributed by atoms with Crippen molar-refractivity contribution >= 4 is 11.9 Å². The molecule has 4 nitrogen and oxygen atoms in total. The molecule has 0 aliphatic heterocycles. The van der Waals surface area contributed by atoms with Crippen molar-refractivity contribution in [3.05, 3.63) is 59.2 Å². The zero-order valence-electron chi connectivity index (χ0n) is 13.4. The van der Waals surface area contributed by atoms with E-state index in [9.17, 15) is 13.6 Å². The first-order valence-electron chi connectivity index (χ1n) is 6.98. The van der Waals surface area contributed by atoms with Gasteiger partial charge in [0.25, 0.3) is 0 Å². The van der Waals surface area contributed by atoms with Gasteiger partial charge in [-0.1, -0.05) is 12.1 Å². The summed E-state index contributed by atoms with van der Waals surface area (Å²) in [7, 11) is 4.32. The van der Waals surface area contributed by atoms with E-state index in [4.69, 9.17) is 14.2 Å². The molecule has 0 fully saturated rings. The third-order valence-electron chi connectivity index (χ3n) is 3.34. The molecule has 24 heavy (non-hydrogen) atoms. The van der Waals surface area contributed by atoms with Crippen LogP contribution in [0.25, 0.3) is 6.08 Å². The van der Waals surface area contributed by atoms with Crippen LogP contribution < -0.4 is 14.2 Å². The third kappa shape index (κ3) is 3.53. The number of ether oxygens (including phenoxy) is 3. The first-order chi connectivity index (χ1) is 11.5. The molecular weight excluding hydrogens is 318 g/mol. The van der Waals surface area contributed by atoms with Crippen LogP contribution in [0.4, 0.5) is 8.78 Å². The van der Waals surface area contributed by atoms with E-state index in [0.717, 1.165) is 12.1 Å². The molecule has 0 saturated heterocycles. The highest BCUT2D eigenvalue weighted by Crippen LogP contribution is 2.38. The molecule has 6 heteroatoms. The van der Waals surface area contributed by atoms with Crippen molar-refractivity contribution in [2.45, 2.75) is 0 Å². The molecule has 2 aromatic rings. The highest BCUT2D eigenvalue weighted by molar-refractivity contribution is 6.07. The van der Waals surface area contributed by atoms with E-state index in [0.29, 0.717) is 17.2 Å². The number of hydrogen-bond donors (Lipinski definition) is 0. The summed E-state index contributed by atoms with van der Waals surface area (Å²) < 4.78 is 42.3. The van der Waals surface area contributed by atoms with Gasteiger partial charge in [0.2, 0.25) is 5.75 Å². The van der Waals surface area contributed by atoms with Crippen LogP contribution in [-0.2, 0) is 0 Å². The largest absolute Gasteiger partial charge is 0.493 e. The Morgan fingerprint density at radius 1 is 1.00 bits per heavy atom. The average molecular weight is 334 g/mol. The lowest BCUT2D eigenvalue weighted by Crippen LogP contribution is -2.00. The van der Waals surface area contributed by atoms with E-state index in [2.05, 4.69) is 0 Å². The molecule has 0 spiro atoms. The Kier molecular flexibility index (Phi) is 5.52. The van der Waals surface area contributed by atoms with Crippen LogP contribution in [0, 0.1) is 11.6 Å². The van der Waals surface area contributed by atoms with Gasteiger partial charge in [-0.25, -0.2) is 8.78 Å². The molecule has 0 N–H and O–H groups in total. The van der Waals surface area contributed by atoms with Gasteiger partial charge in [0.05, 0.1) is 21.3 Å². The molecule has 0 amide bonds. The summed E-state index contributed by atoms with van der Waals surface area (Å²) in [5.41, 5.74) is 0.244. The van der Waals surface area contributed by atoms with Crippen molar-refractivity contribution in [2.75, 3.05) is 21.3 Å². The van der Waals surface area contributed by atoms with Gasteiger partial charge in [0.15, 0.2) is 28.9 Å². The second-order valence-electron chi connectivity index (χ2n) is 4.75. The fourth-order valence-electron chi connectivity index (χ4n) is 2.13. The lowest BCUT2D eigenvalue weighted by atomic mass is 10.1. The Morgan fingerprint density at radius 2 is 1.62 bits per heavy atom. The van der Waals surface area contributed by atoms with E-state index in [1.807, 2.05) is 0 Å². The number of allylic oxidation sites excluding steroid dienone is 1. The summed E-state index contributed by atoms with van der Waals surface area (Å²) >= 11 is 0. The van der Waals surface area contributed by atoms with Gasteiger partial charge in [0, 0.05) is 11.1 Å². The second-order valence-corrected chi connectivity index (χ2v) is 4.75. The lowest BCUT2D eigenvalue weighted by Gasteiger charge is -2.13. The minimum Gasteiger partial charge on any atom is -0.493 e. The van der Waals surface area contributed by atoms with Crippen LogP contribution >= 0.6 is 0 Å². The molecule has 0 radical (unpaired) electrons. The topological polar surface area (TPSA) is 44.8 Å². The third-order valence-corrected chi connectivity index (χ3v) is 3.34. The summed E-state index contributed by atoms with van der Waals surface area (Å²) in [5, 5.41) is 0. The van der Waals surface area contributed by atoms with Gasteiger partial charge in [0.1, 0.15) is 0 Å². The highest BCUT2D eigenvalue weighted by atomic mass is 19.2. The van der Waals surface area contributed by atoms with Crippen molar-refractivity contribution in [2.24, 2.45) is 0 Å². The number of hydrogen-bond acceptors (Lipinski definition) is 4. The maximum atomic E-state index is 13.6. The maximum Gasteiger partial charge on any atom is 0.203 e. The van der Waals surface area contributed by atoms with Crippen LogP contribution in [0.5, 0.6) is 17.2 Å². The number of halogens is 2. The van der Waals surface area contributed by atoms with Gasteiger partial charge < -0.3 is 14.2 Å². The summed E-state index contributed by atoms with van der Waals surface area (Å²) in [6.45, 7) is 0. The van der Waals surface area contributed by atoms with E-state index in [-0.39, 0.29) is 11.1 Å². The molecule has 0 atom stereocenters. The Hall–Kier alpha value is -2.89. The van der Waals surface area contributed by atoms with Crippen molar-refractivity contribution in [3.63, 3.8) is 0 Å². The van der Waals surface area contributed by atoms with Crippen LogP contribution in [-0.4, -0.2) is 27.1 Å². The van der Waals surface area contributed by atoms with Crippen LogP contribution in [0.3, 0.4) is 0 Å². The van der Waals surface area contributed by atoms with E-state index in [1.54, 1.807) is 0 Å². The van der Waals surface area contributed by atoms with Crippen molar-refractivity contribution < 1.29 is 27.8 Å². The van der Waals surface area contributed by atoms with Crippen molar-refractivity contribution in [1.29, 1.82) is 0 Å². The van der Waals surface area contributed by atoms with Crippen LogP contribution in [0.15, 0.2) is 36.4 Å². The number of carbonyl (C=O) groups excluding carboxylic acids is 1. The fraction of sp³-hybridized carbons (Fsp3) is 0.167. The standard InChI is InChI=1S/C18H16F2O4/c1-22-15-9-12(10-16(23-2)18(15)24-3)14(21)8-7-11-5-4-6-13(19)17(11)20/h4-10H,1-3H3/b8-7+. The van der Waals surface area contributed by atoms with Crippen molar-refractivity contribution in [3.8, 4) is 17.2 Å². The summed E-state index contributed by atoms with van der Waals surface area (Å²) in [4.78, 5) is 12.3. The van der Waals surface area contributed by atoms with Crippen LogP contribution in [0.1, 0.15) is 15.9 Å². The predicted molar refractivity (Wildman–Crippen MR) is 85.8 cm³/mol. The molecule has 0 bridgehead atoms. The van der Waals surface area contributed by atoms with E-state index >= 15 is 0 Å². The Labute approximate surface area is 138 Å². The highest BCUT2D eigenvalue weighted by Gasteiger charge is 2.16. The van der Waals surface area contributed by atoms with E-state index < -0.39 is 17.4 Å². The van der Waals surface area contributed by atoms with Gasteiger partial charge in [-0.15, -0.1) is 0 Å². The minimum atomic E-state index is -1.01. The molecule has 126 valence electrons. The Morgan fingerprint density at radius 3 is 2.17 bits per heavy atom. The average Bonchev–Trinajstić information content (AvgIpc) is 2.61. The molecule has 2 rings (SSSR count). The number of benzene rings is 2. The summed E-state index contributed by atoms with van der Waals surface area (Å²) in [6.07, 6.45) is 2.36. The molecule has 0 unspecified atom stereocenters. The van der Waals surface area contributed by atoms with Gasteiger partial charge >= 0.3 is 0 Å². The first-order valence-corrected chi connectivity index (χ1v) is 6.98. The SMILES string of the molecule is COc1cc(C(=O)/C=C/c2cccc(F)c2F)cc(OC)c1OC. The number of rotatable bonds is 6. The van der Waals surface area contributed by atoms with Gasteiger partial charge in [-0.05, 0) is 30.4 Å².